The highest BCUT2D eigenvalue weighted by molar-refractivity contribution is 5.77. The largest absolute Gasteiger partial charge is 0.396 e. The summed E-state index contributed by atoms with van der Waals surface area (Å²) in [5.74, 6) is 0.494. The van der Waals surface area contributed by atoms with Crippen LogP contribution in [0.4, 0.5) is 0 Å². The summed E-state index contributed by atoms with van der Waals surface area (Å²) in [7, 11) is 1.80. The predicted octanol–water partition coefficient (Wildman–Crippen LogP) is 0.463. The maximum absolute atomic E-state index is 11.4. The molecule has 2 N–H and O–H groups in total. The van der Waals surface area contributed by atoms with Crippen molar-refractivity contribution in [2.75, 3.05) is 33.3 Å². The molecule has 0 rings (SSSR count). The molecular weight excluding hydrogens is 192 g/mol. The van der Waals surface area contributed by atoms with Crippen molar-refractivity contribution in [3.63, 3.8) is 0 Å². The van der Waals surface area contributed by atoms with Gasteiger partial charge in [-0.2, -0.15) is 0 Å². The second-order valence-corrected chi connectivity index (χ2v) is 4.01. The topological polar surface area (TPSA) is 52.6 Å². The lowest BCUT2D eigenvalue weighted by atomic mass is 10.1. The molecule has 0 aliphatic rings. The molecule has 0 aliphatic carbocycles. The zero-order valence-electron chi connectivity index (χ0n) is 10.1. The fourth-order valence-electron chi connectivity index (χ4n) is 1.17. The first-order chi connectivity index (χ1) is 7.11. The van der Waals surface area contributed by atoms with Crippen LogP contribution in [0.15, 0.2) is 0 Å². The van der Waals surface area contributed by atoms with E-state index in [1.807, 2.05) is 13.8 Å². The standard InChI is InChI=1S/C11H24N2O2/c1-4-13(3)11(15)8-12-7-5-6-10(2)9-14/h10,12,14H,4-9H2,1-3H3. The fraction of sp³-hybridized carbons (Fsp3) is 0.909. The molecule has 0 saturated heterocycles. The van der Waals surface area contributed by atoms with Gasteiger partial charge < -0.3 is 15.3 Å². The molecule has 0 aliphatic heterocycles. The third-order valence-corrected chi connectivity index (χ3v) is 2.54. The highest BCUT2D eigenvalue weighted by Gasteiger charge is 2.05. The molecule has 0 aromatic rings. The zero-order valence-corrected chi connectivity index (χ0v) is 10.1. The van der Waals surface area contributed by atoms with Gasteiger partial charge in [0, 0.05) is 20.2 Å². The van der Waals surface area contributed by atoms with Crippen molar-refractivity contribution in [2.45, 2.75) is 26.7 Å². The van der Waals surface area contributed by atoms with Crippen LogP contribution in [0.3, 0.4) is 0 Å². The molecule has 0 saturated carbocycles. The zero-order chi connectivity index (χ0) is 11.7. The number of carbonyl (C=O) groups is 1. The Morgan fingerprint density at radius 3 is 2.73 bits per heavy atom. The van der Waals surface area contributed by atoms with Crippen molar-refractivity contribution in [3.8, 4) is 0 Å². The van der Waals surface area contributed by atoms with E-state index in [0.717, 1.165) is 25.9 Å². The van der Waals surface area contributed by atoms with Gasteiger partial charge in [0.2, 0.25) is 5.91 Å². The predicted molar refractivity (Wildman–Crippen MR) is 61.7 cm³/mol. The van der Waals surface area contributed by atoms with E-state index in [0.29, 0.717) is 12.5 Å². The number of amides is 1. The van der Waals surface area contributed by atoms with Crippen molar-refractivity contribution >= 4 is 5.91 Å². The number of rotatable bonds is 8. The lowest BCUT2D eigenvalue weighted by Crippen LogP contribution is -2.35. The summed E-state index contributed by atoms with van der Waals surface area (Å²) in [6.45, 7) is 6.24. The average Bonchev–Trinajstić information content (AvgIpc) is 2.26. The Labute approximate surface area is 92.7 Å². The number of nitrogens with one attached hydrogen (secondary N) is 1. The number of likely N-dealkylation sites (N-methyl/N-ethyl adjacent to an activating group) is 1. The second-order valence-electron chi connectivity index (χ2n) is 4.01. The van der Waals surface area contributed by atoms with Gasteiger partial charge >= 0.3 is 0 Å². The summed E-state index contributed by atoms with van der Waals surface area (Å²) < 4.78 is 0. The molecule has 90 valence electrons. The van der Waals surface area contributed by atoms with Gasteiger partial charge in [0.1, 0.15) is 0 Å². The first kappa shape index (κ1) is 14.4. The summed E-state index contributed by atoms with van der Waals surface area (Å²) in [5, 5.41) is 11.9. The smallest absolute Gasteiger partial charge is 0.236 e. The van der Waals surface area contributed by atoms with Crippen LogP contribution in [-0.4, -0.2) is 49.2 Å². The minimum Gasteiger partial charge on any atom is -0.396 e. The Bertz CT molecular complexity index is 174. The molecule has 0 spiro atoms. The molecule has 1 atom stereocenters. The van der Waals surface area contributed by atoms with Gasteiger partial charge in [-0.05, 0) is 32.2 Å². The molecule has 0 radical (unpaired) electrons. The molecule has 0 aromatic heterocycles. The Kier molecular flexibility index (Phi) is 8.33. The quantitative estimate of drug-likeness (QED) is 0.580. The van der Waals surface area contributed by atoms with Crippen LogP contribution in [0.25, 0.3) is 0 Å². The number of carbonyl (C=O) groups excluding carboxylic acids is 1. The molecular formula is C11H24N2O2. The number of aliphatic hydroxyl groups is 1. The number of nitrogens with zero attached hydrogens (tertiary/aromatic N) is 1. The molecule has 0 heterocycles. The number of hydrogen-bond donors (Lipinski definition) is 2. The van der Waals surface area contributed by atoms with Crippen LogP contribution in [0, 0.1) is 5.92 Å². The first-order valence-electron chi connectivity index (χ1n) is 5.67. The van der Waals surface area contributed by atoms with Gasteiger partial charge in [-0.3, -0.25) is 4.79 Å². The van der Waals surface area contributed by atoms with Crippen LogP contribution in [0.1, 0.15) is 26.7 Å². The van der Waals surface area contributed by atoms with Gasteiger partial charge in [0.15, 0.2) is 0 Å². The van der Waals surface area contributed by atoms with E-state index < -0.39 is 0 Å². The monoisotopic (exact) mass is 216 g/mol. The minimum atomic E-state index is 0.132. The lowest BCUT2D eigenvalue weighted by Gasteiger charge is -2.15. The van der Waals surface area contributed by atoms with E-state index in [9.17, 15) is 4.79 Å². The van der Waals surface area contributed by atoms with Gasteiger partial charge in [-0.25, -0.2) is 0 Å². The third kappa shape index (κ3) is 7.33. The molecule has 4 heteroatoms. The molecule has 4 nitrogen and oxygen atoms in total. The molecule has 0 bridgehead atoms. The average molecular weight is 216 g/mol. The normalized spacial score (nSPS) is 12.5. The summed E-state index contributed by atoms with van der Waals surface area (Å²) in [6, 6.07) is 0. The molecule has 1 amide bonds. The minimum absolute atomic E-state index is 0.132. The van der Waals surface area contributed by atoms with Crippen LogP contribution in [-0.2, 0) is 4.79 Å². The van der Waals surface area contributed by atoms with Crippen molar-refractivity contribution in [3.05, 3.63) is 0 Å². The van der Waals surface area contributed by atoms with Crippen molar-refractivity contribution in [1.29, 1.82) is 0 Å². The van der Waals surface area contributed by atoms with E-state index >= 15 is 0 Å². The number of hydrogen-bond acceptors (Lipinski definition) is 3. The van der Waals surface area contributed by atoms with Crippen molar-refractivity contribution in [2.24, 2.45) is 5.92 Å². The Morgan fingerprint density at radius 1 is 1.53 bits per heavy atom. The fourth-order valence-corrected chi connectivity index (χ4v) is 1.17. The van der Waals surface area contributed by atoms with Crippen LogP contribution in [0.2, 0.25) is 0 Å². The van der Waals surface area contributed by atoms with E-state index in [4.69, 9.17) is 5.11 Å². The van der Waals surface area contributed by atoms with Crippen molar-refractivity contribution < 1.29 is 9.90 Å². The summed E-state index contributed by atoms with van der Waals surface area (Å²) in [5.41, 5.74) is 0. The Morgan fingerprint density at radius 2 is 2.20 bits per heavy atom. The molecule has 15 heavy (non-hydrogen) atoms. The van der Waals surface area contributed by atoms with E-state index in [1.165, 1.54) is 0 Å². The summed E-state index contributed by atoms with van der Waals surface area (Å²) in [6.07, 6.45) is 2.01. The Balaban J connectivity index is 3.35. The van der Waals surface area contributed by atoms with Crippen LogP contribution >= 0.6 is 0 Å². The van der Waals surface area contributed by atoms with E-state index in [2.05, 4.69) is 5.32 Å². The van der Waals surface area contributed by atoms with Crippen LogP contribution in [0.5, 0.6) is 0 Å². The summed E-state index contributed by atoms with van der Waals surface area (Å²) >= 11 is 0. The SMILES string of the molecule is CCN(C)C(=O)CNCCCC(C)CO. The van der Waals surface area contributed by atoms with Crippen molar-refractivity contribution in [1.82, 2.24) is 10.2 Å². The van der Waals surface area contributed by atoms with Gasteiger partial charge in [0.05, 0.1) is 6.54 Å². The maximum Gasteiger partial charge on any atom is 0.236 e. The molecule has 0 aromatic carbocycles. The highest BCUT2D eigenvalue weighted by atomic mass is 16.3. The maximum atomic E-state index is 11.4. The molecule has 1 unspecified atom stereocenters. The van der Waals surface area contributed by atoms with Gasteiger partial charge in [0.25, 0.3) is 0 Å². The second kappa shape index (κ2) is 8.68. The van der Waals surface area contributed by atoms with E-state index in [-0.39, 0.29) is 12.5 Å². The molecule has 0 fully saturated rings. The third-order valence-electron chi connectivity index (χ3n) is 2.54. The lowest BCUT2D eigenvalue weighted by molar-refractivity contribution is -0.128. The highest BCUT2D eigenvalue weighted by Crippen LogP contribution is 2.02. The summed E-state index contributed by atoms with van der Waals surface area (Å²) in [4.78, 5) is 13.0. The number of aliphatic hydroxyl groups excluding tert-OH is 1. The van der Waals surface area contributed by atoms with Gasteiger partial charge in [-0.1, -0.05) is 6.92 Å². The Hall–Kier alpha value is -0.610. The first-order valence-corrected chi connectivity index (χ1v) is 5.67. The van der Waals surface area contributed by atoms with E-state index in [1.54, 1.807) is 11.9 Å². The van der Waals surface area contributed by atoms with Crippen LogP contribution < -0.4 is 5.32 Å². The van der Waals surface area contributed by atoms with Gasteiger partial charge in [-0.15, -0.1) is 0 Å².